The minimum absolute atomic E-state index is 0. The van der Waals surface area contributed by atoms with Crippen molar-refractivity contribution in [2.24, 2.45) is 7.05 Å². The Kier molecular flexibility index (Phi) is 6.27. The second-order valence-corrected chi connectivity index (χ2v) is 7.22. The highest BCUT2D eigenvalue weighted by Crippen LogP contribution is 2.26. The predicted octanol–water partition coefficient (Wildman–Crippen LogP) is 0.378. The molecule has 0 aliphatic carbocycles. The van der Waals surface area contributed by atoms with Gasteiger partial charge in [0.25, 0.3) is 11.6 Å². The molecule has 28 heavy (non-hydrogen) atoms. The molecule has 148 valence electrons. The lowest BCUT2D eigenvalue weighted by Crippen LogP contribution is -3.00. The molecule has 1 amide bonds. The van der Waals surface area contributed by atoms with Gasteiger partial charge in [-0.1, -0.05) is 12.1 Å². The third-order valence-electron chi connectivity index (χ3n) is 5.59. The van der Waals surface area contributed by atoms with Gasteiger partial charge in [0.2, 0.25) is 0 Å². The standard InChI is InChI=1S/C22H26N3O2.HI/c1-16-21(17-8-7-9-19(14-17)27-3)25-15-18(10-11-20(25)23(16)2)22(26)24-12-5-4-6-13-24;/h7-11,14-15H,4-6,12-13H2,1-3H3;1H/q+1;/p-1. The fourth-order valence-electron chi connectivity index (χ4n) is 3.97. The molecule has 0 N–H and O–H groups in total. The molecule has 3 aromatic rings. The first-order valence-electron chi connectivity index (χ1n) is 9.54. The Morgan fingerprint density at radius 1 is 1.11 bits per heavy atom. The number of likely N-dealkylation sites (tertiary alicyclic amines) is 1. The summed E-state index contributed by atoms with van der Waals surface area (Å²) in [5.41, 5.74) is 5.10. The molecular weight excluding hydrogens is 465 g/mol. The molecule has 1 saturated heterocycles. The topological polar surface area (TPSA) is 38.6 Å². The van der Waals surface area contributed by atoms with E-state index in [1.807, 2.05) is 41.4 Å². The van der Waals surface area contributed by atoms with E-state index >= 15 is 0 Å². The fourth-order valence-corrected chi connectivity index (χ4v) is 3.97. The highest BCUT2D eigenvalue weighted by atomic mass is 127. The zero-order valence-electron chi connectivity index (χ0n) is 16.6. The van der Waals surface area contributed by atoms with Crippen molar-refractivity contribution in [1.82, 2.24) is 9.47 Å². The van der Waals surface area contributed by atoms with Gasteiger partial charge in [0.05, 0.1) is 19.7 Å². The molecule has 0 bridgehead atoms. The van der Waals surface area contributed by atoms with Gasteiger partial charge >= 0.3 is 0 Å². The minimum atomic E-state index is 0. The predicted molar refractivity (Wildman–Crippen MR) is 105 cm³/mol. The second kappa shape index (κ2) is 8.51. The van der Waals surface area contributed by atoms with E-state index in [1.165, 1.54) is 6.42 Å². The van der Waals surface area contributed by atoms with Gasteiger partial charge in [-0.3, -0.25) is 4.79 Å². The van der Waals surface area contributed by atoms with Crippen molar-refractivity contribution in [2.75, 3.05) is 20.2 Å². The quantitative estimate of drug-likeness (QED) is 0.393. The number of piperidine rings is 1. The van der Waals surface area contributed by atoms with Gasteiger partial charge in [-0.15, -0.1) is 0 Å². The summed E-state index contributed by atoms with van der Waals surface area (Å²) >= 11 is 0. The molecule has 0 saturated carbocycles. The number of benzene rings is 1. The van der Waals surface area contributed by atoms with Crippen LogP contribution < -0.4 is 33.1 Å². The van der Waals surface area contributed by atoms with Crippen molar-refractivity contribution in [3.63, 3.8) is 0 Å². The largest absolute Gasteiger partial charge is 1.00 e. The van der Waals surface area contributed by atoms with E-state index in [1.54, 1.807) is 7.11 Å². The summed E-state index contributed by atoms with van der Waals surface area (Å²) in [7, 11) is 3.73. The first kappa shape index (κ1) is 20.6. The van der Waals surface area contributed by atoms with Gasteiger partial charge in [-0.05, 0) is 37.5 Å². The molecule has 2 aromatic heterocycles. The average molecular weight is 491 g/mol. The normalized spacial score (nSPS) is 14.0. The Morgan fingerprint density at radius 3 is 2.57 bits per heavy atom. The molecule has 4 rings (SSSR count). The van der Waals surface area contributed by atoms with Crippen LogP contribution >= 0.6 is 0 Å². The summed E-state index contributed by atoms with van der Waals surface area (Å²) in [6.07, 6.45) is 5.39. The van der Waals surface area contributed by atoms with E-state index in [0.29, 0.717) is 0 Å². The SMILES string of the molecule is COc1cccc(-c2c(C)n(C)c3ccc(C(=O)N4CCCCC4)c[n+]23)c1.[I-]. The van der Waals surface area contributed by atoms with Gasteiger partial charge in [-0.2, -0.15) is 4.40 Å². The number of hydrogen-bond donors (Lipinski definition) is 0. The lowest BCUT2D eigenvalue weighted by molar-refractivity contribution is -0.499. The lowest BCUT2D eigenvalue weighted by atomic mass is 10.1. The summed E-state index contributed by atoms with van der Waals surface area (Å²) in [5, 5.41) is 0. The highest BCUT2D eigenvalue weighted by Gasteiger charge is 2.25. The molecule has 0 radical (unpaired) electrons. The van der Waals surface area contributed by atoms with Crippen molar-refractivity contribution in [3.05, 3.63) is 53.9 Å². The van der Waals surface area contributed by atoms with E-state index in [4.69, 9.17) is 4.74 Å². The van der Waals surface area contributed by atoms with Crippen LogP contribution in [0.25, 0.3) is 16.9 Å². The molecule has 1 aliphatic heterocycles. The number of rotatable bonds is 3. The number of pyridine rings is 1. The number of halogens is 1. The monoisotopic (exact) mass is 491 g/mol. The maximum atomic E-state index is 13.0. The molecule has 0 atom stereocenters. The summed E-state index contributed by atoms with van der Waals surface area (Å²) in [5.74, 6) is 0.951. The minimum Gasteiger partial charge on any atom is -1.00 e. The van der Waals surface area contributed by atoms with E-state index < -0.39 is 0 Å². The number of ether oxygens (including phenoxy) is 1. The number of aromatic nitrogens is 2. The number of amides is 1. The first-order chi connectivity index (χ1) is 13.1. The number of carbonyl (C=O) groups excluding carboxylic acids is 1. The molecule has 3 heterocycles. The van der Waals surface area contributed by atoms with Gasteiger partial charge in [0.1, 0.15) is 17.6 Å². The van der Waals surface area contributed by atoms with Crippen LogP contribution in [-0.2, 0) is 7.05 Å². The van der Waals surface area contributed by atoms with Gasteiger partial charge < -0.3 is 33.6 Å². The maximum Gasteiger partial charge on any atom is 0.286 e. The van der Waals surface area contributed by atoms with E-state index in [9.17, 15) is 4.79 Å². The molecular formula is C22H26IN3O2. The van der Waals surface area contributed by atoms with Crippen LogP contribution in [0.3, 0.4) is 0 Å². The number of methoxy groups -OCH3 is 1. The Labute approximate surface area is 182 Å². The number of imidazole rings is 1. The Hall–Kier alpha value is -2.09. The van der Waals surface area contributed by atoms with Crippen LogP contribution in [-0.4, -0.2) is 35.6 Å². The molecule has 0 unspecified atom stereocenters. The molecule has 1 fully saturated rings. The summed E-state index contributed by atoms with van der Waals surface area (Å²) < 4.78 is 9.68. The number of hydrogen-bond acceptors (Lipinski definition) is 2. The number of fused-ring (bicyclic) bond motifs is 1. The number of nitrogens with zero attached hydrogens (tertiary/aromatic N) is 3. The Balaban J connectivity index is 0.00000225. The van der Waals surface area contributed by atoms with E-state index in [0.717, 1.165) is 59.8 Å². The van der Waals surface area contributed by atoms with Gasteiger partial charge in [0, 0.05) is 31.6 Å². The van der Waals surface area contributed by atoms with Crippen LogP contribution in [0.15, 0.2) is 42.6 Å². The van der Waals surface area contributed by atoms with Crippen LogP contribution in [0.4, 0.5) is 0 Å². The maximum absolute atomic E-state index is 13.0. The third-order valence-corrected chi connectivity index (χ3v) is 5.59. The van der Waals surface area contributed by atoms with Gasteiger partial charge in [0.15, 0.2) is 5.69 Å². The molecule has 1 aliphatic rings. The van der Waals surface area contributed by atoms with Crippen LogP contribution in [0, 0.1) is 6.92 Å². The van der Waals surface area contributed by atoms with Gasteiger partial charge in [-0.25, -0.2) is 4.57 Å². The number of aryl methyl sites for hydroxylation is 1. The smallest absolute Gasteiger partial charge is 0.286 e. The zero-order chi connectivity index (χ0) is 19.0. The van der Waals surface area contributed by atoms with Crippen LogP contribution in [0.2, 0.25) is 0 Å². The van der Waals surface area contributed by atoms with E-state index in [-0.39, 0.29) is 29.9 Å². The first-order valence-corrected chi connectivity index (χ1v) is 9.54. The summed E-state index contributed by atoms with van der Waals surface area (Å²) in [4.78, 5) is 14.9. The Bertz CT molecular complexity index is 1010. The molecule has 1 aromatic carbocycles. The van der Waals surface area contributed by atoms with Crippen molar-refractivity contribution < 1.29 is 37.9 Å². The molecule has 6 heteroatoms. The Morgan fingerprint density at radius 2 is 1.86 bits per heavy atom. The van der Waals surface area contributed by atoms with Crippen molar-refractivity contribution in [3.8, 4) is 17.0 Å². The highest BCUT2D eigenvalue weighted by molar-refractivity contribution is 5.94. The van der Waals surface area contributed by atoms with Crippen LogP contribution in [0.5, 0.6) is 5.75 Å². The number of carbonyl (C=O) groups is 1. The second-order valence-electron chi connectivity index (χ2n) is 7.22. The third kappa shape index (κ3) is 3.62. The molecule has 0 spiro atoms. The average Bonchev–Trinajstić information content (AvgIpc) is 2.98. The summed E-state index contributed by atoms with van der Waals surface area (Å²) in [6.45, 7) is 3.82. The lowest BCUT2D eigenvalue weighted by Gasteiger charge is -2.26. The zero-order valence-corrected chi connectivity index (χ0v) is 18.8. The van der Waals surface area contributed by atoms with Crippen molar-refractivity contribution in [1.29, 1.82) is 0 Å². The molecule has 5 nitrogen and oxygen atoms in total. The van der Waals surface area contributed by atoms with Crippen molar-refractivity contribution >= 4 is 11.6 Å². The summed E-state index contributed by atoms with van der Waals surface area (Å²) in [6, 6.07) is 12.0. The van der Waals surface area contributed by atoms with Crippen molar-refractivity contribution in [2.45, 2.75) is 26.2 Å². The van der Waals surface area contributed by atoms with Crippen LogP contribution in [0.1, 0.15) is 35.3 Å². The van der Waals surface area contributed by atoms with E-state index in [2.05, 4.69) is 29.0 Å². The fraction of sp³-hybridized carbons (Fsp3) is 0.364.